The van der Waals surface area contributed by atoms with Crippen molar-refractivity contribution < 1.29 is 27.5 Å². The Kier molecular flexibility index (Phi) is 30.4. The predicted octanol–water partition coefficient (Wildman–Crippen LogP) is 16.4. The Morgan fingerprint density at radius 1 is 0.491 bits per heavy atom. The van der Waals surface area contributed by atoms with E-state index < -0.39 is 0 Å². The Balaban J connectivity index is 0.00000136. The van der Waals surface area contributed by atoms with Gasteiger partial charge in [-0.3, -0.25) is 0 Å². The second kappa shape index (κ2) is 34.0. The van der Waals surface area contributed by atoms with Crippen molar-refractivity contribution in [1.82, 2.24) is 0 Å². The average molecular weight is 802 g/mol. The monoisotopic (exact) mass is 801 g/mol. The Bertz CT molecular complexity index is 1310. The Labute approximate surface area is 346 Å². The first-order chi connectivity index (χ1) is 27.1. The molecule has 55 heavy (non-hydrogen) atoms. The fraction of sp³-hybridized carbons (Fsp3) is 0.680. The molecule has 0 radical (unpaired) electrons. The van der Waals surface area contributed by atoms with Gasteiger partial charge in [-0.1, -0.05) is 186 Å². The van der Waals surface area contributed by atoms with Crippen LogP contribution in [-0.2, 0) is 35.7 Å². The zero-order chi connectivity index (χ0) is 39.6. The number of hydrogen-bond donors (Lipinski definition) is 0. The van der Waals surface area contributed by atoms with Crippen molar-refractivity contribution in [3.63, 3.8) is 0 Å². The molecule has 1 heterocycles. The summed E-state index contributed by atoms with van der Waals surface area (Å²) in [5.74, 6) is 0. The third kappa shape index (κ3) is 22.5. The average Bonchev–Trinajstić information content (AvgIpc) is 3.55. The molecule has 314 valence electrons. The molecule has 0 saturated carbocycles. The molecule has 0 fully saturated rings. The molecule has 0 unspecified atom stereocenters. The predicted molar refractivity (Wildman–Crippen MR) is 235 cm³/mol. The number of hydrogen-bond acceptors (Lipinski definition) is 2. The molecule has 1 aliphatic rings. The molecule has 2 aromatic carbocycles. The minimum absolute atomic E-state index is 0.708. The topological polar surface area (TPSA) is 43.8 Å². The quantitative estimate of drug-likeness (QED) is 0.0410. The van der Waals surface area contributed by atoms with Gasteiger partial charge in [0, 0.05) is 22.8 Å². The zero-order valence-corrected chi connectivity index (χ0v) is 37.2. The summed E-state index contributed by atoms with van der Waals surface area (Å²) < 4.78 is 11.0. The van der Waals surface area contributed by atoms with Gasteiger partial charge in [0.05, 0.1) is 0 Å². The first kappa shape index (κ1) is 49.1. The van der Waals surface area contributed by atoms with Crippen LogP contribution in [-0.4, -0.2) is 17.9 Å². The number of aryl methyl sites for hydroxylation is 2. The van der Waals surface area contributed by atoms with Gasteiger partial charge in [0.1, 0.15) is 0 Å². The van der Waals surface area contributed by atoms with Gasteiger partial charge in [0.25, 0.3) is 0 Å². The van der Waals surface area contributed by atoms with E-state index in [0.29, 0.717) is 13.2 Å². The number of rotatable bonds is 33. The van der Waals surface area contributed by atoms with E-state index in [4.69, 9.17) is 7.76 Å². The standard InChI is InChI=1S/C46H72N2.2C2H5O.Ni/c1-4-7-9-10-11-12-13-14-15-16-17-18-19-20-21-22-23-24-25-26-27-28-31-41-33-30-36-43(38-41)46-44(34-8-5-2)39-45(48(46)47)42-35-29-32-40(6-3)37-42;2*1-2-3;/h29-30,32-33,35-39H,4-28,31,34H2,1-3H3;2*2H2,1H3;/q;2*-1;+2. The molecule has 2 aromatic rings. The van der Waals surface area contributed by atoms with Gasteiger partial charge >= 0.3 is 49.9 Å². The van der Waals surface area contributed by atoms with E-state index >= 15 is 0 Å². The van der Waals surface area contributed by atoms with Gasteiger partial charge in [0.2, 0.25) is 11.4 Å². The maximum absolute atomic E-state index is 11.4. The fourth-order valence-corrected chi connectivity index (χ4v) is 7.80. The van der Waals surface area contributed by atoms with Crippen LogP contribution >= 0.6 is 0 Å². The van der Waals surface area contributed by atoms with E-state index in [-0.39, 0.29) is 0 Å². The maximum atomic E-state index is 11.4. The molecular weight excluding hydrogens is 719 g/mol. The Morgan fingerprint density at radius 2 is 0.927 bits per heavy atom. The van der Waals surface area contributed by atoms with Crippen LogP contribution in [0, 0.1) is 0 Å². The molecule has 0 spiro atoms. The van der Waals surface area contributed by atoms with E-state index in [1.54, 1.807) is 0 Å². The summed E-state index contributed by atoms with van der Waals surface area (Å²) in [7, 11) is 0. The summed E-state index contributed by atoms with van der Waals surface area (Å²) in [6, 6.07) is 17.5. The van der Waals surface area contributed by atoms with Crippen LogP contribution in [0.1, 0.15) is 217 Å². The summed E-state index contributed by atoms with van der Waals surface area (Å²) in [4.78, 5) is 0. The number of benzene rings is 2. The molecular formula is C50H82N2NiO2. The summed E-state index contributed by atoms with van der Waals surface area (Å²) >= 11 is 0.899. The van der Waals surface area contributed by atoms with Crippen LogP contribution in [0.5, 0.6) is 0 Å². The van der Waals surface area contributed by atoms with E-state index in [2.05, 4.69) is 75.4 Å². The first-order valence-electron chi connectivity index (χ1n) is 23.0. The molecule has 1 aliphatic heterocycles. The van der Waals surface area contributed by atoms with Gasteiger partial charge in [-0.15, -0.1) is 0 Å². The van der Waals surface area contributed by atoms with Crippen LogP contribution in [0.25, 0.3) is 16.9 Å². The van der Waals surface area contributed by atoms with Crippen molar-refractivity contribution in [2.24, 2.45) is 0 Å². The van der Waals surface area contributed by atoms with E-state index in [9.17, 15) is 5.53 Å². The second-order valence-corrected chi connectivity index (χ2v) is 16.3. The van der Waals surface area contributed by atoms with Crippen molar-refractivity contribution in [1.29, 1.82) is 0 Å². The molecule has 0 bridgehead atoms. The van der Waals surface area contributed by atoms with E-state index in [0.717, 1.165) is 69.7 Å². The molecule has 0 atom stereocenters. The number of nitrogens with zero attached hydrogens (tertiary/aromatic N) is 2. The third-order valence-corrected chi connectivity index (χ3v) is 11.6. The molecule has 0 amide bonds. The molecule has 0 aromatic heterocycles. The zero-order valence-electron chi connectivity index (χ0n) is 36.2. The van der Waals surface area contributed by atoms with Crippen LogP contribution in [0.15, 0.2) is 60.2 Å². The summed E-state index contributed by atoms with van der Waals surface area (Å²) in [5.41, 5.74) is 19.5. The Morgan fingerprint density at radius 3 is 1.40 bits per heavy atom. The fourth-order valence-electron chi connectivity index (χ4n) is 7.49. The van der Waals surface area contributed by atoms with Gasteiger partial charge in [-0.05, 0) is 67.5 Å². The second-order valence-electron chi connectivity index (χ2n) is 15.6. The van der Waals surface area contributed by atoms with Gasteiger partial charge < -0.3 is 5.53 Å². The summed E-state index contributed by atoms with van der Waals surface area (Å²) in [5, 5.41) is 0. The summed E-state index contributed by atoms with van der Waals surface area (Å²) in [6.07, 6.45) is 39.0. The molecule has 3 rings (SSSR count). The minimum atomic E-state index is 0.708. The van der Waals surface area contributed by atoms with E-state index in [1.807, 2.05) is 13.8 Å². The van der Waals surface area contributed by atoms with Crippen molar-refractivity contribution >= 4 is 11.4 Å². The van der Waals surface area contributed by atoms with Gasteiger partial charge in [-0.25, -0.2) is 4.70 Å². The van der Waals surface area contributed by atoms with Gasteiger partial charge in [-0.2, -0.15) is 0 Å². The third-order valence-electron chi connectivity index (χ3n) is 10.8. The Hall–Kier alpha value is -2.07. The van der Waals surface area contributed by atoms with Crippen LogP contribution in [0.4, 0.5) is 0 Å². The van der Waals surface area contributed by atoms with Crippen molar-refractivity contribution in [2.45, 2.75) is 208 Å². The first-order valence-corrected chi connectivity index (χ1v) is 23.9. The van der Waals surface area contributed by atoms with Crippen molar-refractivity contribution in [2.75, 3.05) is 13.2 Å². The van der Waals surface area contributed by atoms with E-state index in [1.165, 1.54) is 163 Å². The van der Waals surface area contributed by atoms with Gasteiger partial charge in [0.15, 0.2) is 0 Å². The van der Waals surface area contributed by atoms with Crippen LogP contribution < -0.4 is 0 Å². The van der Waals surface area contributed by atoms with Crippen LogP contribution in [0.2, 0.25) is 0 Å². The van der Waals surface area contributed by atoms with Crippen molar-refractivity contribution in [3.05, 3.63) is 88.0 Å². The SMILES string of the molecule is CCCCCCCCCCCCCCCCCCCCCCCCc1cccc(C2=C(CCCC)C=C(c3cccc(CC)c3)[N+]2=[N-])c1.CC[O][Ni][O]CC. The molecule has 0 N–H and O–H groups in total. The molecule has 0 aliphatic carbocycles. The molecule has 5 heteroatoms. The molecule has 4 nitrogen and oxygen atoms in total. The van der Waals surface area contributed by atoms with Crippen molar-refractivity contribution in [3.8, 4) is 0 Å². The number of unbranched alkanes of at least 4 members (excludes halogenated alkanes) is 22. The summed E-state index contributed by atoms with van der Waals surface area (Å²) in [6.45, 7) is 12.0. The number of allylic oxidation sites excluding steroid dienone is 2. The molecule has 0 saturated heterocycles. The van der Waals surface area contributed by atoms with Crippen LogP contribution in [0.3, 0.4) is 0 Å². The normalized spacial score (nSPS) is 12.7.